The summed E-state index contributed by atoms with van der Waals surface area (Å²) in [6.07, 6.45) is 3.31. The number of aliphatic imine (C=N–C) groups is 1. The Bertz CT molecular complexity index is 1060. The maximum atomic E-state index is 12.3. The van der Waals surface area contributed by atoms with E-state index in [9.17, 15) is 9.90 Å². The van der Waals surface area contributed by atoms with Gasteiger partial charge in [-0.2, -0.15) is 0 Å². The SMILES string of the molecule is O=c1[nH]n(-c2cccc(Cl)c2)c(O)c1/C=C1/C=Nc2ccccc21. The molecule has 24 heavy (non-hydrogen) atoms. The minimum Gasteiger partial charge on any atom is -0.493 e. The van der Waals surface area contributed by atoms with E-state index in [4.69, 9.17) is 11.6 Å². The van der Waals surface area contributed by atoms with Gasteiger partial charge in [0.15, 0.2) is 0 Å². The summed E-state index contributed by atoms with van der Waals surface area (Å²) in [5.74, 6) is -0.174. The van der Waals surface area contributed by atoms with E-state index in [1.54, 1.807) is 36.6 Å². The molecule has 1 aliphatic rings. The van der Waals surface area contributed by atoms with Gasteiger partial charge in [0.25, 0.3) is 5.56 Å². The largest absolute Gasteiger partial charge is 0.493 e. The Morgan fingerprint density at radius 2 is 2.00 bits per heavy atom. The van der Waals surface area contributed by atoms with Crippen molar-refractivity contribution in [3.05, 3.63) is 75.0 Å². The summed E-state index contributed by atoms with van der Waals surface area (Å²) in [6.45, 7) is 0. The average molecular weight is 338 g/mol. The number of halogens is 1. The molecule has 118 valence electrons. The summed E-state index contributed by atoms with van der Waals surface area (Å²) in [6, 6.07) is 14.5. The molecule has 2 heterocycles. The smallest absolute Gasteiger partial charge is 0.275 e. The molecule has 6 heteroatoms. The monoisotopic (exact) mass is 337 g/mol. The van der Waals surface area contributed by atoms with Crippen molar-refractivity contribution in [2.24, 2.45) is 4.99 Å². The van der Waals surface area contributed by atoms with Crippen LogP contribution in [-0.2, 0) is 0 Å². The van der Waals surface area contributed by atoms with Crippen molar-refractivity contribution in [1.82, 2.24) is 9.78 Å². The topological polar surface area (TPSA) is 70.4 Å². The quantitative estimate of drug-likeness (QED) is 0.747. The molecule has 4 rings (SSSR count). The van der Waals surface area contributed by atoms with E-state index in [0.717, 1.165) is 16.8 Å². The molecule has 5 nitrogen and oxygen atoms in total. The minimum absolute atomic E-state index is 0.174. The van der Waals surface area contributed by atoms with Gasteiger partial charge in [0.05, 0.1) is 11.4 Å². The lowest BCUT2D eigenvalue weighted by Crippen LogP contribution is -2.05. The maximum Gasteiger partial charge on any atom is 0.275 e. The third kappa shape index (κ3) is 2.35. The highest BCUT2D eigenvalue weighted by atomic mass is 35.5. The van der Waals surface area contributed by atoms with Crippen LogP contribution in [0.5, 0.6) is 5.88 Å². The van der Waals surface area contributed by atoms with Gasteiger partial charge in [0.1, 0.15) is 5.56 Å². The van der Waals surface area contributed by atoms with Gasteiger partial charge in [-0.3, -0.25) is 14.9 Å². The number of benzene rings is 2. The Labute approximate surface area is 142 Å². The normalized spacial score (nSPS) is 14.3. The molecule has 0 amide bonds. The summed E-state index contributed by atoms with van der Waals surface area (Å²) in [4.78, 5) is 16.6. The first-order valence-corrected chi connectivity index (χ1v) is 7.66. The van der Waals surface area contributed by atoms with Crippen LogP contribution in [0.2, 0.25) is 5.02 Å². The molecule has 2 N–H and O–H groups in total. The molecule has 0 spiro atoms. The van der Waals surface area contributed by atoms with E-state index in [-0.39, 0.29) is 11.4 Å². The Balaban J connectivity index is 1.83. The number of nitrogens with zero attached hydrogens (tertiary/aromatic N) is 2. The molecule has 2 aromatic carbocycles. The number of para-hydroxylation sites is 1. The number of H-pyrrole nitrogens is 1. The fourth-order valence-corrected chi connectivity index (χ4v) is 2.86. The summed E-state index contributed by atoms with van der Waals surface area (Å²) in [5.41, 5.74) is 2.89. The zero-order chi connectivity index (χ0) is 16.7. The van der Waals surface area contributed by atoms with Gasteiger partial charge in [0.2, 0.25) is 5.88 Å². The van der Waals surface area contributed by atoms with Crippen LogP contribution in [0.4, 0.5) is 5.69 Å². The Morgan fingerprint density at radius 3 is 2.83 bits per heavy atom. The van der Waals surface area contributed by atoms with Crippen molar-refractivity contribution >= 4 is 35.2 Å². The number of hydrogen-bond acceptors (Lipinski definition) is 3. The number of aromatic nitrogens is 2. The fourth-order valence-electron chi connectivity index (χ4n) is 2.68. The molecule has 1 aliphatic heterocycles. The van der Waals surface area contributed by atoms with Crippen molar-refractivity contribution in [1.29, 1.82) is 0 Å². The number of allylic oxidation sites excluding steroid dienone is 1. The van der Waals surface area contributed by atoms with Crippen LogP contribution in [0, 0.1) is 0 Å². The second-order valence-corrected chi connectivity index (χ2v) is 5.80. The third-order valence-electron chi connectivity index (χ3n) is 3.83. The number of aromatic hydroxyl groups is 1. The van der Waals surface area contributed by atoms with Crippen LogP contribution in [0.3, 0.4) is 0 Å². The molecular formula is C18H12ClN3O2. The lowest BCUT2D eigenvalue weighted by atomic mass is 10.1. The molecule has 0 saturated heterocycles. The van der Waals surface area contributed by atoms with Gasteiger partial charge in [-0.1, -0.05) is 35.9 Å². The molecule has 3 aromatic rings. The van der Waals surface area contributed by atoms with Gasteiger partial charge < -0.3 is 5.11 Å². The van der Waals surface area contributed by atoms with Crippen LogP contribution in [0.25, 0.3) is 17.3 Å². The highest BCUT2D eigenvalue weighted by Gasteiger charge is 2.17. The number of hydrogen-bond donors (Lipinski definition) is 2. The predicted octanol–water partition coefficient (Wildman–Crippen LogP) is 3.78. The highest BCUT2D eigenvalue weighted by Crippen LogP contribution is 2.33. The molecule has 1 aromatic heterocycles. The van der Waals surface area contributed by atoms with E-state index >= 15 is 0 Å². The van der Waals surface area contributed by atoms with Gasteiger partial charge in [-0.25, -0.2) is 4.68 Å². The highest BCUT2D eigenvalue weighted by molar-refractivity contribution is 6.30. The summed E-state index contributed by atoms with van der Waals surface area (Å²) in [7, 11) is 0. The molecule has 0 radical (unpaired) electrons. The molecule has 0 atom stereocenters. The lowest BCUT2D eigenvalue weighted by Gasteiger charge is -2.04. The summed E-state index contributed by atoms with van der Waals surface area (Å²) >= 11 is 5.97. The second kappa shape index (κ2) is 5.54. The molecule has 0 unspecified atom stereocenters. The van der Waals surface area contributed by atoms with Crippen LogP contribution in [0.15, 0.2) is 58.3 Å². The molecule has 0 aliphatic carbocycles. The first-order chi connectivity index (χ1) is 11.6. The number of aromatic amines is 1. The standard InChI is InChI=1S/C18H12ClN3O2/c19-12-4-3-5-13(9-12)22-18(24)15(17(23)21-22)8-11-10-20-16-7-2-1-6-14(11)16/h1-10,24H,(H,21,23)/b11-8-. The van der Waals surface area contributed by atoms with Crippen LogP contribution in [0.1, 0.15) is 11.1 Å². The predicted molar refractivity (Wildman–Crippen MR) is 95.5 cm³/mol. The van der Waals surface area contributed by atoms with E-state index in [2.05, 4.69) is 10.1 Å². The Kier molecular flexibility index (Phi) is 3.36. The molecular weight excluding hydrogens is 326 g/mol. The van der Waals surface area contributed by atoms with Gasteiger partial charge >= 0.3 is 0 Å². The molecule has 0 saturated carbocycles. The van der Waals surface area contributed by atoms with E-state index in [1.807, 2.05) is 24.3 Å². The van der Waals surface area contributed by atoms with Crippen molar-refractivity contribution in [2.45, 2.75) is 0 Å². The van der Waals surface area contributed by atoms with E-state index in [0.29, 0.717) is 10.7 Å². The first-order valence-electron chi connectivity index (χ1n) is 7.28. The first kappa shape index (κ1) is 14.5. The van der Waals surface area contributed by atoms with Crippen molar-refractivity contribution in [3.63, 3.8) is 0 Å². The average Bonchev–Trinajstić information content (AvgIpc) is 3.11. The summed E-state index contributed by atoms with van der Waals surface area (Å²) < 4.78 is 1.30. The van der Waals surface area contributed by atoms with Crippen LogP contribution < -0.4 is 5.56 Å². The number of rotatable bonds is 2. The zero-order valence-corrected chi connectivity index (χ0v) is 13.2. The van der Waals surface area contributed by atoms with Crippen molar-refractivity contribution < 1.29 is 5.11 Å². The number of fused-ring (bicyclic) bond motifs is 1. The fraction of sp³-hybridized carbons (Fsp3) is 0. The van der Waals surface area contributed by atoms with Crippen molar-refractivity contribution in [2.75, 3.05) is 0 Å². The maximum absolute atomic E-state index is 12.3. The van der Waals surface area contributed by atoms with Crippen molar-refractivity contribution in [3.8, 4) is 11.6 Å². The van der Waals surface area contributed by atoms with E-state index in [1.165, 1.54) is 4.68 Å². The van der Waals surface area contributed by atoms with Crippen LogP contribution in [-0.4, -0.2) is 21.1 Å². The van der Waals surface area contributed by atoms with Gasteiger partial charge in [-0.05, 0) is 30.3 Å². The Hall–Kier alpha value is -3.05. The van der Waals surface area contributed by atoms with E-state index < -0.39 is 5.56 Å². The molecule has 0 bridgehead atoms. The summed E-state index contributed by atoms with van der Waals surface area (Å²) in [5, 5.41) is 13.6. The van der Waals surface area contributed by atoms with Gasteiger partial charge in [-0.15, -0.1) is 0 Å². The van der Waals surface area contributed by atoms with Gasteiger partial charge in [0, 0.05) is 22.4 Å². The Morgan fingerprint density at radius 1 is 1.17 bits per heavy atom. The lowest BCUT2D eigenvalue weighted by molar-refractivity contribution is 0.432. The molecule has 0 fully saturated rings. The minimum atomic E-state index is -0.391. The zero-order valence-electron chi connectivity index (χ0n) is 12.4. The second-order valence-electron chi connectivity index (χ2n) is 5.37. The van der Waals surface area contributed by atoms with Crippen LogP contribution >= 0.6 is 11.6 Å². The number of nitrogens with one attached hydrogen (secondary N) is 1. The third-order valence-corrected chi connectivity index (χ3v) is 4.07.